The van der Waals surface area contributed by atoms with Crippen LogP contribution in [-0.4, -0.2) is 35.0 Å². The molecule has 0 aromatic carbocycles. The lowest BCUT2D eigenvalue weighted by molar-refractivity contribution is -0.157. The molecule has 1 spiro atoms. The third-order valence-electron chi connectivity index (χ3n) is 5.41. The highest BCUT2D eigenvalue weighted by Gasteiger charge is 2.43. The predicted molar refractivity (Wildman–Crippen MR) is 81.9 cm³/mol. The maximum atomic E-state index is 12.6. The lowest BCUT2D eigenvalue weighted by Crippen LogP contribution is -2.50. The molecule has 1 heterocycles. The fourth-order valence-corrected chi connectivity index (χ4v) is 4.03. The first-order chi connectivity index (χ1) is 9.75. The number of hydrogen-bond acceptors (Lipinski definition) is 2. The van der Waals surface area contributed by atoms with Crippen molar-refractivity contribution in [2.24, 2.45) is 16.7 Å². The Kier molecular flexibility index (Phi) is 4.64. The van der Waals surface area contributed by atoms with Crippen molar-refractivity contribution in [3.63, 3.8) is 0 Å². The summed E-state index contributed by atoms with van der Waals surface area (Å²) < 4.78 is 0. The van der Waals surface area contributed by atoms with Gasteiger partial charge in [0, 0.05) is 13.1 Å². The molecule has 1 atom stereocenters. The van der Waals surface area contributed by atoms with Crippen molar-refractivity contribution in [2.45, 2.75) is 65.7 Å². The van der Waals surface area contributed by atoms with E-state index in [1.54, 1.807) is 4.90 Å². The number of rotatable bonds is 2. The van der Waals surface area contributed by atoms with E-state index in [4.69, 9.17) is 0 Å². The van der Waals surface area contributed by atoms with Crippen molar-refractivity contribution in [2.75, 3.05) is 13.1 Å². The molecule has 1 N–H and O–H groups in total. The zero-order valence-corrected chi connectivity index (χ0v) is 13.7. The molecule has 2 aliphatic rings. The molecule has 0 aromatic rings. The Hall–Kier alpha value is -1.06. The number of nitrogens with zero attached hydrogens (tertiary/aromatic N) is 1. The zero-order valence-electron chi connectivity index (χ0n) is 13.7. The third kappa shape index (κ3) is 3.58. The van der Waals surface area contributed by atoms with Crippen LogP contribution in [-0.2, 0) is 9.59 Å². The van der Waals surface area contributed by atoms with Crippen LogP contribution in [0.25, 0.3) is 0 Å². The Morgan fingerprint density at radius 1 is 1.00 bits per heavy atom. The van der Waals surface area contributed by atoms with E-state index in [0.717, 1.165) is 25.9 Å². The van der Waals surface area contributed by atoms with Crippen LogP contribution in [0.5, 0.6) is 0 Å². The van der Waals surface area contributed by atoms with Gasteiger partial charge in [-0.1, -0.05) is 40.0 Å². The van der Waals surface area contributed by atoms with Crippen molar-refractivity contribution >= 4 is 11.9 Å². The van der Waals surface area contributed by atoms with E-state index in [-0.39, 0.29) is 5.91 Å². The monoisotopic (exact) mass is 295 g/mol. The summed E-state index contributed by atoms with van der Waals surface area (Å²) in [6, 6.07) is 0. The van der Waals surface area contributed by atoms with Crippen LogP contribution in [0.4, 0.5) is 0 Å². The van der Waals surface area contributed by atoms with Crippen molar-refractivity contribution < 1.29 is 14.7 Å². The van der Waals surface area contributed by atoms with Crippen LogP contribution in [0.2, 0.25) is 0 Å². The lowest BCUT2D eigenvalue weighted by atomic mass is 9.68. The van der Waals surface area contributed by atoms with E-state index < -0.39 is 17.3 Å². The normalized spacial score (nSPS) is 23.9. The van der Waals surface area contributed by atoms with Crippen molar-refractivity contribution in [1.82, 2.24) is 4.90 Å². The summed E-state index contributed by atoms with van der Waals surface area (Å²) in [4.78, 5) is 25.9. The van der Waals surface area contributed by atoms with Crippen molar-refractivity contribution in [3.05, 3.63) is 0 Å². The molecule has 0 aromatic heterocycles. The molecule has 1 amide bonds. The number of amides is 1. The summed E-state index contributed by atoms with van der Waals surface area (Å²) in [5.74, 6) is -2.12. The number of hydrogen-bond donors (Lipinski definition) is 1. The van der Waals surface area contributed by atoms with Gasteiger partial charge in [0.2, 0.25) is 5.91 Å². The molecule has 0 radical (unpaired) electrons. The second kappa shape index (κ2) is 5.98. The molecule has 21 heavy (non-hydrogen) atoms. The van der Waals surface area contributed by atoms with Gasteiger partial charge in [-0.3, -0.25) is 9.59 Å². The summed E-state index contributed by atoms with van der Waals surface area (Å²) >= 11 is 0. The van der Waals surface area contributed by atoms with Crippen molar-refractivity contribution in [1.29, 1.82) is 0 Å². The molecule has 4 heteroatoms. The van der Waals surface area contributed by atoms with Crippen LogP contribution in [0.15, 0.2) is 0 Å². The maximum Gasteiger partial charge on any atom is 0.316 e. The maximum absolute atomic E-state index is 12.6. The minimum atomic E-state index is -0.995. The largest absolute Gasteiger partial charge is 0.481 e. The van der Waals surface area contributed by atoms with Crippen LogP contribution < -0.4 is 0 Å². The Balaban J connectivity index is 2.00. The number of likely N-dealkylation sites (tertiary alicyclic amines) is 1. The molecular weight excluding hydrogens is 266 g/mol. The van der Waals surface area contributed by atoms with E-state index in [9.17, 15) is 14.7 Å². The SMILES string of the molecule is CC(C)(C)C(C(=O)O)C(=O)N1CCC2(CCCCC2)CC1. The van der Waals surface area contributed by atoms with Gasteiger partial charge in [0.25, 0.3) is 0 Å². The van der Waals surface area contributed by atoms with Gasteiger partial charge < -0.3 is 10.0 Å². The Bertz CT molecular complexity index is 395. The smallest absolute Gasteiger partial charge is 0.316 e. The topological polar surface area (TPSA) is 57.6 Å². The second-order valence-corrected chi connectivity index (χ2v) is 8.02. The van der Waals surface area contributed by atoms with E-state index in [0.29, 0.717) is 5.41 Å². The molecule has 120 valence electrons. The number of carboxylic acid groups (broad SMARTS) is 1. The molecule has 2 rings (SSSR count). The van der Waals surface area contributed by atoms with Gasteiger partial charge in [-0.25, -0.2) is 0 Å². The van der Waals surface area contributed by atoms with Gasteiger partial charge in [0.15, 0.2) is 0 Å². The van der Waals surface area contributed by atoms with Gasteiger partial charge in [0.1, 0.15) is 5.92 Å². The first-order valence-corrected chi connectivity index (χ1v) is 8.27. The lowest BCUT2D eigenvalue weighted by Gasteiger charge is -2.45. The van der Waals surface area contributed by atoms with E-state index in [1.807, 2.05) is 20.8 Å². The zero-order chi connectivity index (χ0) is 15.7. The quantitative estimate of drug-likeness (QED) is 0.795. The molecule has 1 aliphatic carbocycles. The van der Waals surface area contributed by atoms with Crippen LogP contribution >= 0.6 is 0 Å². The van der Waals surface area contributed by atoms with E-state index in [2.05, 4.69) is 0 Å². The number of carbonyl (C=O) groups excluding carboxylic acids is 1. The molecular formula is C17H29NO3. The molecule has 1 unspecified atom stereocenters. The summed E-state index contributed by atoms with van der Waals surface area (Å²) in [5.41, 5.74) is -0.0988. The number of aliphatic carboxylic acids is 1. The summed E-state index contributed by atoms with van der Waals surface area (Å²) in [6.07, 6.45) is 8.65. The van der Waals surface area contributed by atoms with Crippen molar-refractivity contribution in [3.8, 4) is 0 Å². The summed E-state index contributed by atoms with van der Waals surface area (Å²) in [5, 5.41) is 9.40. The van der Waals surface area contributed by atoms with E-state index >= 15 is 0 Å². The predicted octanol–water partition coefficient (Wildman–Crippen LogP) is 3.31. The van der Waals surface area contributed by atoms with Crippen LogP contribution in [0.3, 0.4) is 0 Å². The molecule has 4 nitrogen and oxygen atoms in total. The molecule has 1 saturated heterocycles. The molecule has 2 fully saturated rings. The van der Waals surface area contributed by atoms with E-state index in [1.165, 1.54) is 32.1 Å². The number of piperidine rings is 1. The second-order valence-electron chi connectivity index (χ2n) is 8.02. The van der Waals surface area contributed by atoms with Crippen LogP contribution in [0, 0.1) is 16.7 Å². The molecule has 1 saturated carbocycles. The highest BCUT2D eigenvalue weighted by Crippen LogP contribution is 2.45. The number of carboxylic acids is 1. The Morgan fingerprint density at radius 3 is 1.95 bits per heavy atom. The summed E-state index contributed by atoms with van der Waals surface area (Å²) in [6.45, 7) is 6.96. The number of carbonyl (C=O) groups is 2. The van der Waals surface area contributed by atoms with Gasteiger partial charge in [-0.05, 0) is 36.5 Å². The Labute approximate surface area is 127 Å². The average molecular weight is 295 g/mol. The minimum Gasteiger partial charge on any atom is -0.481 e. The fourth-order valence-electron chi connectivity index (χ4n) is 4.03. The standard InChI is InChI=1S/C17H29NO3/c1-16(2,3)13(15(20)21)14(19)18-11-9-17(10-12-18)7-5-4-6-8-17/h13H,4-12H2,1-3H3,(H,20,21). The molecule has 1 aliphatic heterocycles. The first kappa shape index (κ1) is 16.3. The highest BCUT2D eigenvalue weighted by atomic mass is 16.4. The van der Waals surface area contributed by atoms with Gasteiger partial charge >= 0.3 is 5.97 Å². The van der Waals surface area contributed by atoms with Crippen LogP contribution in [0.1, 0.15) is 65.7 Å². The molecule has 0 bridgehead atoms. The Morgan fingerprint density at radius 2 is 1.52 bits per heavy atom. The average Bonchev–Trinajstić information content (AvgIpc) is 2.38. The van der Waals surface area contributed by atoms with Gasteiger partial charge in [-0.2, -0.15) is 0 Å². The van der Waals surface area contributed by atoms with Gasteiger partial charge in [0.05, 0.1) is 0 Å². The first-order valence-electron chi connectivity index (χ1n) is 8.27. The third-order valence-corrected chi connectivity index (χ3v) is 5.41. The highest BCUT2D eigenvalue weighted by molar-refractivity contribution is 5.97. The minimum absolute atomic E-state index is 0.194. The summed E-state index contributed by atoms with van der Waals surface area (Å²) in [7, 11) is 0. The fraction of sp³-hybridized carbons (Fsp3) is 0.882. The van der Waals surface area contributed by atoms with Gasteiger partial charge in [-0.15, -0.1) is 0 Å².